The zero-order valence-electron chi connectivity index (χ0n) is 10.3. The highest BCUT2D eigenvalue weighted by molar-refractivity contribution is 5.80. The summed E-state index contributed by atoms with van der Waals surface area (Å²) in [4.78, 5) is 12.7. The summed E-state index contributed by atoms with van der Waals surface area (Å²) in [5.74, 6) is -1.02. The van der Waals surface area contributed by atoms with Crippen LogP contribution in [0.25, 0.3) is 0 Å². The highest BCUT2D eigenvalue weighted by atomic mass is 19.4. The van der Waals surface area contributed by atoms with E-state index in [0.717, 1.165) is 0 Å². The number of rotatable bonds is 3. The van der Waals surface area contributed by atoms with Crippen LogP contribution in [0.5, 0.6) is 0 Å². The average Bonchev–Trinajstić information content (AvgIpc) is 2.30. The van der Waals surface area contributed by atoms with E-state index in [-0.39, 0.29) is 6.54 Å². The van der Waals surface area contributed by atoms with E-state index in [0.29, 0.717) is 24.2 Å². The van der Waals surface area contributed by atoms with Gasteiger partial charge < -0.3 is 10.6 Å². The summed E-state index contributed by atoms with van der Waals surface area (Å²) in [5.41, 5.74) is 6.48. The van der Waals surface area contributed by atoms with E-state index in [1.807, 2.05) is 0 Å². The van der Waals surface area contributed by atoms with Crippen molar-refractivity contribution in [3.63, 3.8) is 0 Å². The van der Waals surface area contributed by atoms with Gasteiger partial charge in [-0.05, 0) is 24.0 Å². The summed E-state index contributed by atoms with van der Waals surface area (Å²) < 4.78 is 37.7. The minimum Gasteiger partial charge on any atom is -0.368 e. The van der Waals surface area contributed by atoms with Crippen molar-refractivity contribution in [2.75, 3.05) is 18.0 Å². The Hall–Kier alpha value is -1.72. The van der Waals surface area contributed by atoms with Crippen LogP contribution in [-0.4, -0.2) is 25.2 Å². The highest BCUT2D eigenvalue weighted by Crippen LogP contribution is 2.41. The number of carbonyl (C=O) groups excluding carboxylic acids is 1. The predicted octanol–water partition coefficient (Wildman–Crippen LogP) is 2.42. The predicted molar refractivity (Wildman–Crippen MR) is 65.9 cm³/mol. The molecule has 2 N–H and O–H groups in total. The molecule has 1 unspecified atom stereocenters. The van der Waals surface area contributed by atoms with Crippen LogP contribution >= 0.6 is 0 Å². The number of hydrogen-bond acceptors (Lipinski definition) is 2. The molecule has 1 aliphatic rings. The fourth-order valence-electron chi connectivity index (χ4n) is 2.55. The molecule has 1 aromatic carbocycles. The number of benzene rings is 1. The third-order valence-electron chi connectivity index (χ3n) is 3.29. The maximum atomic E-state index is 12.6. The number of halogens is 3. The van der Waals surface area contributed by atoms with Gasteiger partial charge in [0.05, 0.1) is 13.0 Å². The fourth-order valence-corrected chi connectivity index (χ4v) is 2.55. The van der Waals surface area contributed by atoms with Gasteiger partial charge in [0.15, 0.2) is 0 Å². The van der Waals surface area contributed by atoms with E-state index >= 15 is 0 Å². The van der Waals surface area contributed by atoms with E-state index in [9.17, 15) is 18.0 Å². The summed E-state index contributed by atoms with van der Waals surface area (Å²) in [6.07, 6.45) is -4.62. The van der Waals surface area contributed by atoms with E-state index in [1.54, 1.807) is 29.2 Å². The molecule has 1 atom stereocenters. The van der Waals surface area contributed by atoms with Gasteiger partial charge in [-0.3, -0.25) is 4.79 Å². The SMILES string of the molecule is NC(=O)CN1CCC(CC(F)(F)F)c2ccccc21. The van der Waals surface area contributed by atoms with Crippen molar-refractivity contribution in [1.82, 2.24) is 0 Å². The molecular weight excluding hydrogens is 257 g/mol. The lowest BCUT2D eigenvalue weighted by Crippen LogP contribution is -2.38. The second kappa shape index (κ2) is 5.11. The summed E-state index contributed by atoms with van der Waals surface area (Å²) in [7, 11) is 0. The number of para-hydroxylation sites is 1. The second-order valence-corrected chi connectivity index (χ2v) is 4.75. The van der Waals surface area contributed by atoms with E-state index in [2.05, 4.69) is 0 Å². The number of nitrogens with zero attached hydrogens (tertiary/aromatic N) is 1. The topological polar surface area (TPSA) is 46.3 Å². The summed E-state index contributed by atoms with van der Waals surface area (Å²) in [5, 5.41) is 0. The van der Waals surface area contributed by atoms with Gasteiger partial charge in [-0.2, -0.15) is 13.2 Å². The normalized spacial score (nSPS) is 19.1. The molecule has 104 valence electrons. The van der Waals surface area contributed by atoms with Crippen molar-refractivity contribution < 1.29 is 18.0 Å². The van der Waals surface area contributed by atoms with Crippen molar-refractivity contribution in [2.24, 2.45) is 5.73 Å². The number of alkyl halides is 3. The number of carbonyl (C=O) groups is 1. The highest BCUT2D eigenvalue weighted by Gasteiger charge is 2.36. The number of amides is 1. The molecule has 2 rings (SSSR count). The van der Waals surface area contributed by atoms with E-state index in [1.165, 1.54) is 0 Å². The number of primary amides is 1. The van der Waals surface area contributed by atoms with Crippen LogP contribution < -0.4 is 10.6 Å². The molecule has 3 nitrogen and oxygen atoms in total. The second-order valence-electron chi connectivity index (χ2n) is 4.75. The molecule has 1 heterocycles. The Morgan fingerprint density at radius 1 is 1.37 bits per heavy atom. The van der Waals surface area contributed by atoms with Gasteiger partial charge in [0.2, 0.25) is 5.91 Å². The third-order valence-corrected chi connectivity index (χ3v) is 3.29. The maximum absolute atomic E-state index is 12.6. The van der Waals surface area contributed by atoms with Crippen LogP contribution in [0.15, 0.2) is 24.3 Å². The molecular formula is C13H15F3N2O. The van der Waals surface area contributed by atoms with Crippen molar-refractivity contribution in [2.45, 2.75) is 24.9 Å². The lowest BCUT2D eigenvalue weighted by Gasteiger charge is -2.35. The van der Waals surface area contributed by atoms with Crippen LogP contribution in [-0.2, 0) is 4.79 Å². The molecule has 1 aromatic rings. The van der Waals surface area contributed by atoms with Gasteiger partial charge in [0.25, 0.3) is 0 Å². The summed E-state index contributed by atoms with van der Waals surface area (Å²) >= 11 is 0. The Morgan fingerprint density at radius 3 is 2.68 bits per heavy atom. The lowest BCUT2D eigenvalue weighted by atomic mass is 9.87. The fraction of sp³-hybridized carbons (Fsp3) is 0.462. The molecule has 0 bridgehead atoms. The molecule has 0 spiro atoms. The smallest absolute Gasteiger partial charge is 0.368 e. The molecule has 19 heavy (non-hydrogen) atoms. The first-order valence-corrected chi connectivity index (χ1v) is 6.06. The van der Waals surface area contributed by atoms with Gasteiger partial charge in [-0.1, -0.05) is 18.2 Å². The van der Waals surface area contributed by atoms with Crippen molar-refractivity contribution >= 4 is 11.6 Å². The first-order chi connectivity index (χ1) is 8.87. The van der Waals surface area contributed by atoms with Gasteiger partial charge >= 0.3 is 6.18 Å². The molecule has 0 fully saturated rings. The molecule has 1 amide bonds. The summed E-state index contributed by atoms with van der Waals surface area (Å²) in [6.45, 7) is 0.455. The monoisotopic (exact) mass is 272 g/mol. The maximum Gasteiger partial charge on any atom is 0.389 e. The zero-order chi connectivity index (χ0) is 14.0. The zero-order valence-corrected chi connectivity index (χ0v) is 10.3. The van der Waals surface area contributed by atoms with Crippen molar-refractivity contribution in [3.8, 4) is 0 Å². The summed E-state index contributed by atoms with van der Waals surface area (Å²) in [6, 6.07) is 6.90. The van der Waals surface area contributed by atoms with Gasteiger partial charge in [-0.15, -0.1) is 0 Å². The Kier molecular flexibility index (Phi) is 3.68. The largest absolute Gasteiger partial charge is 0.389 e. The number of hydrogen-bond donors (Lipinski definition) is 1. The molecule has 1 aliphatic heterocycles. The third kappa shape index (κ3) is 3.39. The van der Waals surface area contributed by atoms with E-state index < -0.39 is 24.4 Å². The van der Waals surface area contributed by atoms with Crippen LogP contribution in [0.4, 0.5) is 18.9 Å². The Balaban J connectivity index is 2.26. The molecule has 0 aliphatic carbocycles. The Bertz CT molecular complexity index is 473. The molecule has 0 radical (unpaired) electrons. The Labute approximate surface area is 109 Å². The first kappa shape index (κ1) is 13.7. The lowest BCUT2D eigenvalue weighted by molar-refractivity contribution is -0.139. The standard InChI is InChI=1S/C13H15F3N2O/c14-13(15,16)7-9-5-6-18(8-12(17)19)11-4-2-1-3-10(9)11/h1-4,9H,5-8H2,(H2,17,19). The van der Waals surface area contributed by atoms with Gasteiger partial charge in [0, 0.05) is 12.2 Å². The van der Waals surface area contributed by atoms with Crippen molar-refractivity contribution in [3.05, 3.63) is 29.8 Å². The molecule has 6 heteroatoms. The molecule has 0 saturated heterocycles. The van der Waals surface area contributed by atoms with Gasteiger partial charge in [-0.25, -0.2) is 0 Å². The van der Waals surface area contributed by atoms with Crippen LogP contribution in [0.2, 0.25) is 0 Å². The van der Waals surface area contributed by atoms with E-state index in [4.69, 9.17) is 5.73 Å². The van der Waals surface area contributed by atoms with Crippen LogP contribution in [0.1, 0.15) is 24.3 Å². The number of fused-ring (bicyclic) bond motifs is 1. The van der Waals surface area contributed by atoms with Crippen LogP contribution in [0.3, 0.4) is 0 Å². The Morgan fingerprint density at radius 2 is 2.05 bits per heavy atom. The van der Waals surface area contributed by atoms with Gasteiger partial charge in [0.1, 0.15) is 0 Å². The minimum absolute atomic E-state index is 0.0375. The molecule has 0 saturated carbocycles. The molecule has 0 aromatic heterocycles. The number of nitrogens with two attached hydrogens (primary N) is 1. The first-order valence-electron chi connectivity index (χ1n) is 6.06. The van der Waals surface area contributed by atoms with Crippen molar-refractivity contribution in [1.29, 1.82) is 0 Å². The van der Waals surface area contributed by atoms with Crippen LogP contribution in [0, 0.1) is 0 Å². The number of anilines is 1. The quantitative estimate of drug-likeness (QED) is 0.918. The average molecular weight is 272 g/mol. The minimum atomic E-state index is -4.18.